The van der Waals surface area contributed by atoms with Crippen molar-refractivity contribution < 1.29 is 9.47 Å². The Balaban J connectivity index is 1.80. The summed E-state index contributed by atoms with van der Waals surface area (Å²) in [7, 11) is 0. The Morgan fingerprint density at radius 2 is 2.12 bits per heavy atom. The van der Waals surface area contributed by atoms with Gasteiger partial charge in [0, 0.05) is 17.4 Å². The van der Waals surface area contributed by atoms with Crippen molar-refractivity contribution in [1.29, 1.82) is 0 Å². The zero-order valence-corrected chi connectivity index (χ0v) is 11.6. The molecule has 0 radical (unpaired) electrons. The fourth-order valence-electron chi connectivity index (χ4n) is 2.13. The van der Waals surface area contributed by atoms with Crippen LogP contribution in [0.1, 0.15) is 18.4 Å². The van der Waals surface area contributed by atoms with Crippen LogP contribution in [0, 0.1) is 5.41 Å². The van der Waals surface area contributed by atoms with Gasteiger partial charge in [-0.15, -0.1) is 0 Å². The number of hydrogen-bond donors (Lipinski definition) is 0. The van der Waals surface area contributed by atoms with Gasteiger partial charge in [-0.25, -0.2) is 0 Å². The molecule has 1 unspecified atom stereocenters. The first-order valence-corrected chi connectivity index (χ1v) is 7.22. The molecule has 94 valence electrons. The SMILES string of the molecule is BrCC1(COCc2ccccc2)CCCOC1. The van der Waals surface area contributed by atoms with Crippen LogP contribution in [0.4, 0.5) is 0 Å². The summed E-state index contributed by atoms with van der Waals surface area (Å²) in [6.07, 6.45) is 2.33. The Labute approximate surface area is 111 Å². The Bertz CT molecular complexity index is 320. The van der Waals surface area contributed by atoms with Gasteiger partial charge in [-0.2, -0.15) is 0 Å². The van der Waals surface area contributed by atoms with Crippen molar-refractivity contribution in [2.75, 3.05) is 25.2 Å². The normalized spacial score (nSPS) is 24.8. The van der Waals surface area contributed by atoms with Crippen molar-refractivity contribution in [3.8, 4) is 0 Å². The van der Waals surface area contributed by atoms with Gasteiger partial charge >= 0.3 is 0 Å². The van der Waals surface area contributed by atoms with Crippen LogP contribution in [0.5, 0.6) is 0 Å². The van der Waals surface area contributed by atoms with Gasteiger partial charge in [0.15, 0.2) is 0 Å². The molecule has 0 aliphatic carbocycles. The molecule has 2 nitrogen and oxygen atoms in total. The highest BCUT2D eigenvalue weighted by molar-refractivity contribution is 9.09. The van der Waals surface area contributed by atoms with Crippen molar-refractivity contribution in [2.24, 2.45) is 5.41 Å². The zero-order valence-electron chi connectivity index (χ0n) is 10.0. The van der Waals surface area contributed by atoms with E-state index in [2.05, 4.69) is 28.1 Å². The van der Waals surface area contributed by atoms with E-state index in [9.17, 15) is 0 Å². The second-order valence-electron chi connectivity index (χ2n) is 4.77. The molecule has 0 spiro atoms. The third-order valence-electron chi connectivity index (χ3n) is 3.21. The highest BCUT2D eigenvalue weighted by Crippen LogP contribution is 2.31. The predicted octanol–water partition coefficient (Wildman–Crippen LogP) is 3.39. The Hall–Kier alpha value is -0.380. The summed E-state index contributed by atoms with van der Waals surface area (Å²) in [6.45, 7) is 3.17. The molecule has 0 aromatic heterocycles. The number of hydrogen-bond acceptors (Lipinski definition) is 2. The molecular weight excluding hydrogens is 280 g/mol. The van der Waals surface area contributed by atoms with E-state index in [4.69, 9.17) is 9.47 Å². The first kappa shape index (κ1) is 13.1. The highest BCUT2D eigenvalue weighted by atomic mass is 79.9. The zero-order chi connectivity index (χ0) is 12.0. The predicted molar refractivity (Wildman–Crippen MR) is 72.4 cm³/mol. The fraction of sp³-hybridized carbons (Fsp3) is 0.571. The monoisotopic (exact) mass is 298 g/mol. The minimum absolute atomic E-state index is 0.174. The van der Waals surface area contributed by atoms with E-state index in [-0.39, 0.29) is 5.41 Å². The van der Waals surface area contributed by atoms with Gasteiger partial charge in [0.1, 0.15) is 0 Å². The molecule has 17 heavy (non-hydrogen) atoms. The first-order valence-electron chi connectivity index (χ1n) is 6.10. The fourth-order valence-corrected chi connectivity index (χ4v) is 2.73. The van der Waals surface area contributed by atoms with Crippen LogP contribution in [0.2, 0.25) is 0 Å². The van der Waals surface area contributed by atoms with Crippen LogP contribution in [0.15, 0.2) is 30.3 Å². The summed E-state index contributed by atoms with van der Waals surface area (Å²) in [5.41, 5.74) is 1.40. The van der Waals surface area contributed by atoms with Crippen LogP contribution in [0.3, 0.4) is 0 Å². The standard InChI is InChI=1S/C14H19BrO2/c15-10-14(7-4-8-16-11-14)12-17-9-13-5-2-1-3-6-13/h1-3,5-6H,4,7-12H2. The van der Waals surface area contributed by atoms with E-state index >= 15 is 0 Å². The summed E-state index contributed by atoms with van der Waals surface area (Å²) < 4.78 is 11.4. The second-order valence-corrected chi connectivity index (χ2v) is 5.33. The molecule has 0 amide bonds. The molecule has 1 heterocycles. The van der Waals surface area contributed by atoms with Crippen molar-refractivity contribution >= 4 is 15.9 Å². The molecule has 1 aromatic carbocycles. The number of rotatable bonds is 5. The second kappa shape index (κ2) is 6.53. The van der Waals surface area contributed by atoms with E-state index in [1.807, 2.05) is 18.2 Å². The van der Waals surface area contributed by atoms with Crippen LogP contribution in [-0.2, 0) is 16.1 Å². The van der Waals surface area contributed by atoms with Crippen LogP contribution >= 0.6 is 15.9 Å². The summed E-state index contributed by atoms with van der Waals surface area (Å²) in [5.74, 6) is 0. The van der Waals surface area contributed by atoms with Crippen LogP contribution in [-0.4, -0.2) is 25.2 Å². The first-order chi connectivity index (χ1) is 8.35. The molecular formula is C14H19BrO2. The average molecular weight is 299 g/mol. The molecule has 2 rings (SSSR count). The lowest BCUT2D eigenvalue weighted by atomic mass is 9.86. The van der Waals surface area contributed by atoms with Crippen molar-refractivity contribution in [3.63, 3.8) is 0 Å². The quantitative estimate of drug-likeness (QED) is 0.776. The third-order valence-corrected chi connectivity index (χ3v) is 4.40. The Morgan fingerprint density at radius 1 is 1.29 bits per heavy atom. The topological polar surface area (TPSA) is 18.5 Å². The van der Waals surface area contributed by atoms with Crippen molar-refractivity contribution in [2.45, 2.75) is 19.4 Å². The van der Waals surface area contributed by atoms with E-state index < -0.39 is 0 Å². The van der Waals surface area contributed by atoms with E-state index in [0.29, 0.717) is 6.61 Å². The molecule has 1 fully saturated rings. The number of benzene rings is 1. The molecule has 0 bridgehead atoms. The Morgan fingerprint density at radius 3 is 2.76 bits per heavy atom. The minimum atomic E-state index is 0.174. The van der Waals surface area contributed by atoms with Crippen molar-refractivity contribution in [1.82, 2.24) is 0 Å². The summed E-state index contributed by atoms with van der Waals surface area (Å²) >= 11 is 3.59. The summed E-state index contributed by atoms with van der Waals surface area (Å²) in [6, 6.07) is 10.3. The van der Waals surface area contributed by atoms with Gasteiger partial charge in [0.2, 0.25) is 0 Å². The lowest BCUT2D eigenvalue weighted by Crippen LogP contribution is -2.37. The largest absolute Gasteiger partial charge is 0.381 e. The number of halogens is 1. The molecule has 1 saturated heterocycles. The number of ether oxygens (including phenoxy) is 2. The third kappa shape index (κ3) is 3.80. The molecule has 0 saturated carbocycles. The minimum Gasteiger partial charge on any atom is -0.381 e. The number of alkyl halides is 1. The lowest BCUT2D eigenvalue weighted by molar-refractivity contribution is -0.0497. The molecule has 1 aliphatic rings. The van der Waals surface area contributed by atoms with Gasteiger partial charge < -0.3 is 9.47 Å². The smallest absolute Gasteiger partial charge is 0.0717 e. The van der Waals surface area contributed by atoms with Gasteiger partial charge in [-0.1, -0.05) is 46.3 Å². The lowest BCUT2D eigenvalue weighted by Gasteiger charge is -2.35. The van der Waals surface area contributed by atoms with Gasteiger partial charge in [-0.3, -0.25) is 0 Å². The summed E-state index contributed by atoms with van der Waals surface area (Å²) in [4.78, 5) is 0. The van der Waals surface area contributed by atoms with E-state index in [1.165, 1.54) is 12.0 Å². The van der Waals surface area contributed by atoms with Gasteiger partial charge in [0.25, 0.3) is 0 Å². The maximum absolute atomic E-state index is 5.84. The van der Waals surface area contributed by atoms with Gasteiger partial charge in [-0.05, 0) is 18.4 Å². The highest BCUT2D eigenvalue weighted by Gasteiger charge is 2.32. The molecule has 0 N–H and O–H groups in total. The Kier molecular flexibility index (Phi) is 5.01. The maximum Gasteiger partial charge on any atom is 0.0717 e. The van der Waals surface area contributed by atoms with Crippen molar-refractivity contribution in [3.05, 3.63) is 35.9 Å². The molecule has 1 aliphatic heterocycles. The van der Waals surface area contributed by atoms with Crippen LogP contribution < -0.4 is 0 Å². The van der Waals surface area contributed by atoms with E-state index in [1.54, 1.807) is 0 Å². The maximum atomic E-state index is 5.84. The molecule has 3 heteroatoms. The molecule has 1 atom stereocenters. The van der Waals surface area contributed by atoms with E-state index in [0.717, 1.165) is 31.6 Å². The molecule has 1 aromatic rings. The van der Waals surface area contributed by atoms with Gasteiger partial charge in [0.05, 0.1) is 19.8 Å². The van der Waals surface area contributed by atoms with Crippen LogP contribution in [0.25, 0.3) is 0 Å². The summed E-state index contributed by atoms with van der Waals surface area (Å²) in [5, 5.41) is 0.953. The average Bonchev–Trinajstić information content (AvgIpc) is 2.41.